The third kappa shape index (κ3) is 5.96. The van der Waals surface area contributed by atoms with Crippen molar-refractivity contribution in [3.63, 3.8) is 0 Å². The first-order chi connectivity index (χ1) is 25.3. The number of hydrogen-bond donors (Lipinski definition) is 0. The van der Waals surface area contributed by atoms with Crippen LogP contribution in [0.2, 0.25) is 0 Å². The standard InChI is InChI=1S/C50H35N/c1-4-16-36(17-5-1)41-30-42(37-18-6-2-7-19-37)32-43(31-41)38-21-14-25-45(33-38)51(44-23-8-3-9-24-44)46-26-15-22-39(34-46)50-35-40-20-10-11-27-47(40)48-28-12-13-29-49(48)50/h1-35H. The van der Waals surface area contributed by atoms with E-state index in [2.05, 4.69) is 217 Å². The molecule has 9 rings (SSSR count). The van der Waals surface area contributed by atoms with Crippen molar-refractivity contribution in [1.29, 1.82) is 0 Å². The number of hydrogen-bond acceptors (Lipinski definition) is 1. The van der Waals surface area contributed by atoms with Gasteiger partial charge in [0.15, 0.2) is 0 Å². The molecule has 51 heavy (non-hydrogen) atoms. The molecule has 0 aliphatic heterocycles. The van der Waals surface area contributed by atoms with Gasteiger partial charge in [-0.1, -0.05) is 152 Å². The van der Waals surface area contributed by atoms with Gasteiger partial charge >= 0.3 is 0 Å². The Balaban J connectivity index is 1.19. The highest BCUT2D eigenvalue weighted by atomic mass is 15.1. The minimum Gasteiger partial charge on any atom is -0.310 e. The van der Waals surface area contributed by atoms with E-state index in [9.17, 15) is 0 Å². The van der Waals surface area contributed by atoms with Gasteiger partial charge in [0.2, 0.25) is 0 Å². The summed E-state index contributed by atoms with van der Waals surface area (Å²) in [6, 6.07) is 76.7. The minimum atomic E-state index is 1.10. The molecule has 240 valence electrons. The van der Waals surface area contributed by atoms with Crippen molar-refractivity contribution in [3.8, 4) is 44.5 Å². The van der Waals surface area contributed by atoms with Crippen molar-refractivity contribution in [2.24, 2.45) is 0 Å². The van der Waals surface area contributed by atoms with E-state index in [1.165, 1.54) is 66.1 Å². The van der Waals surface area contributed by atoms with Crippen LogP contribution in [-0.4, -0.2) is 0 Å². The number of rotatable bonds is 7. The molecule has 0 radical (unpaired) electrons. The predicted octanol–water partition coefficient (Wildman–Crippen LogP) is 14.1. The molecule has 1 nitrogen and oxygen atoms in total. The van der Waals surface area contributed by atoms with Gasteiger partial charge in [0.1, 0.15) is 0 Å². The summed E-state index contributed by atoms with van der Waals surface area (Å²) in [5, 5.41) is 5.06. The zero-order chi connectivity index (χ0) is 34.0. The molecule has 0 aliphatic rings. The molecule has 0 saturated carbocycles. The van der Waals surface area contributed by atoms with E-state index in [1.807, 2.05) is 0 Å². The Labute approximate surface area is 299 Å². The maximum atomic E-state index is 2.37. The normalized spacial score (nSPS) is 11.1. The Kier molecular flexibility index (Phi) is 7.92. The van der Waals surface area contributed by atoms with E-state index >= 15 is 0 Å². The summed E-state index contributed by atoms with van der Waals surface area (Å²) in [6.07, 6.45) is 0. The molecule has 0 aliphatic carbocycles. The van der Waals surface area contributed by atoms with Crippen LogP contribution in [0, 0.1) is 0 Å². The molecule has 9 aromatic rings. The summed E-state index contributed by atoms with van der Waals surface area (Å²) < 4.78 is 0. The Hall–Kier alpha value is -6.70. The smallest absolute Gasteiger partial charge is 0.0467 e. The zero-order valence-corrected chi connectivity index (χ0v) is 28.2. The molecule has 0 fully saturated rings. The Morgan fingerprint density at radius 3 is 1.29 bits per heavy atom. The fourth-order valence-corrected chi connectivity index (χ4v) is 7.34. The van der Waals surface area contributed by atoms with E-state index in [4.69, 9.17) is 0 Å². The Morgan fingerprint density at radius 1 is 0.235 bits per heavy atom. The lowest BCUT2D eigenvalue weighted by molar-refractivity contribution is 1.28. The average Bonchev–Trinajstić information content (AvgIpc) is 3.22. The van der Waals surface area contributed by atoms with Crippen LogP contribution in [0.5, 0.6) is 0 Å². The van der Waals surface area contributed by atoms with E-state index in [0.717, 1.165) is 17.1 Å². The van der Waals surface area contributed by atoms with Gasteiger partial charge in [-0.15, -0.1) is 0 Å². The SMILES string of the molecule is c1ccc(-c2cc(-c3ccccc3)cc(-c3cccc(N(c4ccccc4)c4cccc(-c5cc6ccccc6c6ccccc56)c4)c3)c2)cc1. The summed E-state index contributed by atoms with van der Waals surface area (Å²) in [5.41, 5.74) is 12.9. The molecule has 0 aromatic heterocycles. The second kappa shape index (κ2) is 13.3. The van der Waals surface area contributed by atoms with Crippen molar-refractivity contribution in [1.82, 2.24) is 0 Å². The van der Waals surface area contributed by atoms with Gasteiger partial charge in [-0.05, 0) is 127 Å². The fraction of sp³-hybridized carbons (Fsp3) is 0. The number of anilines is 3. The summed E-state index contributed by atoms with van der Waals surface area (Å²) in [7, 11) is 0. The first-order valence-corrected chi connectivity index (χ1v) is 17.5. The highest BCUT2D eigenvalue weighted by Gasteiger charge is 2.16. The molecule has 0 heterocycles. The third-order valence-corrected chi connectivity index (χ3v) is 9.78. The largest absolute Gasteiger partial charge is 0.310 e. The molecule has 9 aromatic carbocycles. The van der Waals surface area contributed by atoms with Gasteiger partial charge in [-0.3, -0.25) is 0 Å². The van der Waals surface area contributed by atoms with Crippen molar-refractivity contribution >= 4 is 38.6 Å². The monoisotopic (exact) mass is 649 g/mol. The van der Waals surface area contributed by atoms with Crippen LogP contribution in [-0.2, 0) is 0 Å². The van der Waals surface area contributed by atoms with Gasteiger partial charge in [-0.2, -0.15) is 0 Å². The van der Waals surface area contributed by atoms with Crippen molar-refractivity contribution in [2.75, 3.05) is 4.90 Å². The topological polar surface area (TPSA) is 3.24 Å². The molecular formula is C50H35N. The van der Waals surface area contributed by atoms with Gasteiger partial charge in [-0.25, -0.2) is 0 Å². The lowest BCUT2D eigenvalue weighted by atomic mass is 9.92. The van der Waals surface area contributed by atoms with Crippen molar-refractivity contribution in [3.05, 3.63) is 212 Å². The Bertz CT molecular complexity index is 2570. The minimum absolute atomic E-state index is 1.10. The van der Waals surface area contributed by atoms with E-state index < -0.39 is 0 Å². The summed E-state index contributed by atoms with van der Waals surface area (Å²) in [5.74, 6) is 0. The molecule has 1 heteroatoms. The van der Waals surface area contributed by atoms with Crippen molar-refractivity contribution < 1.29 is 0 Å². The Morgan fingerprint density at radius 2 is 0.667 bits per heavy atom. The summed E-state index contributed by atoms with van der Waals surface area (Å²) in [4.78, 5) is 2.37. The van der Waals surface area contributed by atoms with E-state index in [1.54, 1.807) is 0 Å². The second-order valence-corrected chi connectivity index (χ2v) is 13.0. The fourth-order valence-electron chi connectivity index (χ4n) is 7.34. The van der Waals surface area contributed by atoms with Crippen LogP contribution in [0.15, 0.2) is 212 Å². The highest BCUT2D eigenvalue weighted by molar-refractivity contribution is 6.13. The number of fused-ring (bicyclic) bond motifs is 3. The molecule has 0 saturated heterocycles. The van der Waals surface area contributed by atoms with Crippen LogP contribution < -0.4 is 4.90 Å². The first kappa shape index (κ1) is 30.4. The van der Waals surface area contributed by atoms with Gasteiger partial charge in [0, 0.05) is 17.1 Å². The zero-order valence-electron chi connectivity index (χ0n) is 28.2. The molecule has 0 atom stereocenters. The highest BCUT2D eigenvalue weighted by Crippen LogP contribution is 2.41. The maximum absolute atomic E-state index is 2.37. The van der Waals surface area contributed by atoms with Crippen LogP contribution in [0.25, 0.3) is 66.1 Å². The molecule has 0 spiro atoms. The van der Waals surface area contributed by atoms with Crippen LogP contribution >= 0.6 is 0 Å². The molecule has 0 amide bonds. The first-order valence-electron chi connectivity index (χ1n) is 17.5. The number of nitrogens with zero attached hydrogens (tertiary/aromatic N) is 1. The molecule has 0 bridgehead atoms. The van der Waals surface area contributed by atoms with E-state index in [-0.39, 0.29) is 0 Å². The van der Waals surface area contributed by atoms with Gasteiger partial charge < -0.3 is 4.90 Å². The maximum Gasteiger partial charge on any atom is 0.0467 e. The van der Waals surface area contributed by atoms with Gasteiger partial charge in [0.25, 0.3) is 0 Å². The summed E-state index contributed by atoms with van der Waals surface area (Å²) >= 11 is 0. The molecule has 0 N–H and O–H groups in total. The van der Waals surface area contributed by atoms with Crippen molar-refractivity contribution in [2.45, 2.75) is 0 Å². The average molecular weight is 650 g/mol. The molecular weight excluding hydrogens is 615 g/mol. The van der Waals surface area contributed by atoms with Gasteiger partial charge in [0.05, 0.1) is 0 Å². The van der Waals surface area contributed by atoms with Crippen LogP contribution in [0.3, 0.4) is 0 Å². The van der Waals surface area contributed by atoms with Crippen LogP contribution in [0.4, 0.5) is 17.1 Å². The number of benzene rings is 9. The number of para-hydroxylation sites is 1. The molecule has 0 unspecified atom stereocenters. The lowest BCUT2D eigenvalue weighted by Gasteiger charge is -2.26. The van der Waals surface area contributed by atoms with E-state index in [0.29, 0.717) is 0 Å². The third-order valence-electron chi connectivity index (χ3n) is 9.78. The summed E-state index contributed by atoms with van der Waals surface area (Å²) in [6.45, 7) is 0. The van der Waals surface area contributed by atoms with Crippen LogP contribution in [0.1, 0.15) is 0 Å². The quantitative estimate of drug-likeness (QED) is 0.155. The second-order valence-electron chi connectivity index (χ2n) is 13.0. The predicted molar refractivity (Wildman–Crippen MR) is 218 cm³/mol. The lowest BCUT2D eigenvalue weighted by Crippen LogP contribution is -2.10.